The predicted octanol–water partition coefficient (Wildman–Crippen LogP) is 3.41. The Morgan fingerprint density at radius 2 is 1.65 bits per heavy atom. The number of H-pyrrole nitrogens is 1. The topological polar surface area (TPSA) is 45.6 Å². The van der Waals surface area contributed by atoms with Crippen LogP contribution in [0.2, 0.25) is 0 Å². The van der Waals surface area contributed by atoms with Crippen molar-refractivity contribution in [3.63, 3.8) is 0 Å². The molecule has 0 radical (unpaired) electrons. The minimum absolute atomic E-state index is 0.555. The second-order valence-corrected chi connectivity index (χ2v) is 4.81. The second-order valence-electron chi connectivity index (χ2n) is 4.42. The molecule has 0 aliphatic carbocycles. The lowest BCUT2D eigenvalue weighted by Gasteiger charge is -2.09. The molecule has 3 aromatic rings. The molecule has 0 saturated carbocycles. The molecular formula is C15H14N4S. The van der Waals surface area contributed by atoms with E-state index in [1.165, 1.54) is 5.56 Å². The van der Waals surface area contributed by atoms with E-state index in [4.69, 9.17) is 12.2 Å². The van der Waals surface area contributed by atoms with Crippen LogP contribution in [0.5, 0.6) is 0 Å². The fourth-order valence-corrected chi connectivity index (χ4v) is 2.18. The summed E-state index contributed by atoms with van der Waals surface area (Å²) in [5.74, 6) is 0.852. The van der Waals surface area contributed by atoms with Crippen molar-refractivity contribution in [3.05, 3.63) is 76.8 Å². The lowest BCUT2D eigenvalue weighted by molar-refractivity contribution is 0.844. The van der Waals surface area contributed by atoms with Crippen LogP contribution in [0.4, 0.5) is 5.69 Å². The van der Waals surface area contributed by atoms with Crippen molar-refractivity contribution in [2.75, 3.05) is 5.43 Å². The zero-order valence-electron chi connectivity index (χ0n) is 10.8. The SMILES string of the molecule is S=c1[nH]nc(Cc2ccccc2)n1Nc1ccccc1. The third-order valence-electron chi connectivity index (χ3n) is 2.96. The van der Waals surface area contributed by atoms with Crippen LogP contribution in [-0.2, 0) is 6.42 Å². The van der Waals surface area contributed by atoms with E-state index in [0.717, 1.165) is 11.5 Å². The summed E-state index contributed by atoms with van der Waals surface area (Å²) in [5.41, 5.74) is 5.42. The van der Waals surface area contributed by atoms with E-state index in [-0.39, 0.29) is 0 Å². The number of anilines is 1. The van der Waals surface area contributed by atoms with Crippen LogP contribution in [0.3, 0.4) is 0 Å². The highest BCUT2D eigenvalue weighted by molar-refractivity contribution is 7.71. The molecule has 2 N–H and O–H groups in total. The van der Waals surface area contributed by atoms with Crippen molar-refractivity contribution >= 4 is 17.9 Å². The lowest BCUT2D eigenvalue weighted by atomic mass is 10.1. The van der Waals surface area contributed by atoms with Gasteiger partial charge in [-0.1, -0.05) is 48.5 Å². The van der Waals surface area contributed by atoms with Crippen LogP contribution < -0.4 is 5.43 Å². The highest BCUT2D eigenvalue weighted by Gasteiger charge is 2.07. The number of aromatic nitrogens is 3. The molecule has 4 nitrogen and oxygen atoms in total. The zero-order valence-corrected chi connectivity index (χ0v) is 11.6. The van der Waals surface area contributed by atoms with E-state index in [2.05, 4.69) is 27.8 Å². The molecule has 0 aliphatic heterocycles. The number of rotatable bonds is 4. The first kappa shape index (κ1) is 12.6. The van der Waals surface area contributed by atoms with Gasteiger partial charge in [-0.05, 0) is 29.9 Å². The first-order chi connectivity index (χ1) is 9.83. The first-order valence-corrected chi connectivity index (χ1v) is 6.76. The number of nitrogens with zero attached hydrogens (tertiary/aromatic N) is 2. The van der Waals surface area contributed by atoms with Crippen molar-refractivity contribution in [2.45, 2.75) is 6.42 Å². The minimum Gasteiger partial charge on any atom is -0.291 e. The van der Waals surface area contributed by atoms with Crippen molar-refractivity contribution in [1.82, 2.24) is 14.9 Å². The highest BCUT2D eigenvalue weighted by Crippen LogP contribution is 2.10. The Morgan fingerprint density at radius 1 is 1.00 bits per heavy atom. The van der Waals surface area contributed by atoms with Crippen LogP contribution in [0.1, 0.15) is 11.4 Å². The molecule has 0 atom stereocenters. The molecule has 0 amide bonds. The highest BCUT2D eigenvalue weighted by atomic mass is 32.1. The van der Waals surface area contributed by atoms with E-state index in [0.29, 0.717) is 11.2 Å². The summed E-state index contributed by atoms with van der Waals surface area (Å²) in [6.45, 7) is 0. The smallest absolute Gasteiger partial charge is 0.214 e. The molecule has 1 aromatic heterocycles. The molecule has 0 saturated heterocycles. The first-order valence-electron chi connectivity index (χ1n) is 6.35. The summed E-state index contributed by atoms with van der Waals surface area (Å²) in [4.78, 5) is 0. The number of para-hydroxylation sites is 1. The van der Waals surface area contributed by atoms with E-state index in [1.54, 1.807) is 4.68 Å². The molecule has 1 heterocycles. The van der Waals surface area contributed by atoms with Gasteiger partial charge in [0.2, 0.25) is 4.77 Å². The van der Waals surface area contributed by atoms with E-state index >= 15 is 0 Å². The summed E-state index contributed by atoms with van der Waals surface area (Å²) in [7, 11) is 0. The van der Waals surface area contributed by atoms with Gasteiger partial charge < -0.3 is 0 Å². The van der Waals surface area contributed by atoms with Gasteiger partial charge in [0.25, 0.3) is 0 Å². The summed E-state index contributed by atoms with van der Waals surface area (Å²) < 4.78 is 2.36. The Labute approximate surface area is 122 Å². The fourth-order valence-electron chi connectivity index (χ4n) is 1.98. The average Bonchev–Trinajstić information content (AvgIpc) is 2.83. The zero-order chi connectivity index (χ0) is 13.8. The second kappa shape index (κ2) is 5.71. The molecule has 2 aromatic carbocycles. The van der Waals surface area contributed by atoms with Crippen molar-refractivity contribution < 1.29 is 0 Å². The molecule has 0 bridgehead atoms. The molecular weight excluding hydrogens is 268 g/mol. The van der Waals surface area contributed by atoms with Gasteiger partial charge in [-0.3, -0.25) is 10.5 Å². The largest absolute Gasteiger partial charge is 0.291 e. The molecule has 0 aliphatic rings. The fraction of sp³-hybridized carbons (Fsp3) is 0.0667. The van der Waals surface area contributed by atoms with Gasteiger partial charge in [0.1, 0.15) is 0 Å². The van der Waals surface area contributed by atoms with Crippen LogP contribution in [0, 0.1) is 4.77 Å². The van der Waals surface area contributed by atoms with Gasteiger partial charge in [0.15, 0.2) is 5.82 Å². The third kappa shape index (κ3) is 2.78. The van der Waals surface area contributed by atoms with Gasteiger partial charge in [-0.2, -0.15) is 5.10 Å². The number of aromatic amines is 1. The number of benzene rings is 2. The summed E-state index contributed by atoms with van der Waals surface area (Å²) in [5, 5.41) is 7.12. The van der Waals surface area contributed by atoms with Crippen LogP contribution in [0.25, 0.3) is 0 Å². The molecule has 0 unspecified atom stereocenters. The van der Waals surface area contributed by atoms with Gasteiger partial charge >= 0.3 is 0 Å². The Hall–Kier alpha value is -2.40. The van der Waals surface area contributed by atoms with Crippen LogP contribution in [0.15, 0.2) is 60.7 Å². The third-order valence-corrected chi connectivity index (χ3v) is 3.24. The van der Waals surface area contributed by atoms with E-state index in [9.17, 15) is 0 Å². The van der Waals surface area contributed by atoms with Crippen LogP contribution in [-0.4, -0.2) is 14.9 Å². The molecule has 5 heteroatoms. The summed E-state index contributed by atoms with van der Waals surface area (Å²) >= 11 is 5.27. The summed E-state index contributed by atoms with van der Waals surface area (Å²) in [6, 6.07) is 20.1. The van der Waals surface area contributed by atoms with Gasteiger partial charge in [0.05, 0.1) is 5.69 Å². The van der Waals surface area contributed by atoms with Gasteiger partial charge in [0, 0.05) is 6.42 Å². The average molecular weight is 282 g/mol. The molecule has 100 valence electrons. The monoisotopic (exact) mass is 282 g/mol. The Bertz CT molecular complexity index is 731. The maximum Gasteiger partial charge on any atom is 0.214 e. The van der Waals surface area contributed by atoms with Crippen molar-refractivity contribution in [3.8, 4) is 0 Å². The standard InChI is InChI=1S/C15H14N4S/c20-15-17-16-14(11-12-7-3-1-4-8-12)19(15)18-13-9-5-2-6-10-13/h1-10,18H,11H2,(H,17,20). The lowest BCUT2D eigenvalue weighted by Crippen LogP contribution is -2.13. The number of hydrogen-bond acceptors (Lipinski definition) is 3. The number of hydrogen-bond donors (Lipinski definition) is 2. The number of nitrogens with one attached hydrogen (secondary N) is 2. The Balaban J connectivity index is 1.88. The van der Waals surface area contributed by atoms with Crippen molar-refractivity contribution in [2.24, 2.45) is 0 Å². The van der Waals surface area contributed by atoms with Gasteiger partial charge in [-0.25, -0.2) is 4.68 Å². The minimum atomic E-state index is 0.555. The van der Waals surface area contributed by atoms with Crippen molar-refractivity contribution in [1.29, 1.82) is 0 Å². The molecule has 0 spiro atoms. The Morgan fingerprint density at radius 3 is 2.35 bits per heavy atom. The molecule has 3 rings (SSSR count). The molecule has 0 fully saturated rings. The van der Waals surface area contributed by atoms with E-state index < -0.39 is 0 Å². The molecule has 20 heavy (non-hydrogen) atoms. The van der Waals surface area contributed by atoms with Gasteiger partial charge in [-0.15, -0.1) is 0 Å². The quantitative estimate of drug-likeness (QED) is 0.721. The van der Waals surface area contributed by atoms with E-state index in [1.807, 2.05) is 48.5 Å². The van der Waals surface area contributed by atoms with Crippen LogP contribution >= 0.6 is 12.2 Å². The maximum absolute atomic E-state index is 5.27. The predicted molar refractivity (Wildman–Crippen MR) is 82.1 cm³/mol. The Kier molecular flexibility index (Phi) is 3.60. The maximum atomic E-state index is 5.27. The summed E-state index contributed by atoms with van der Waals surface area (Å²) in [6.07, 6.45) is 0.716. The normalized spacial score (nSPS) is 10.4.